The van der Waals surface area contributed by atoms with Crippen molar-refractivity contribution in [2.24, 2.45) is 7.05 Å². The lowest BCUT2D eigenvalue weighted by Crippen LogP contribution is -2.20. The van der Waals surface area contributed by atoms with Gasteiger partial charge in [0.1, 0.15) is 13.0 Å². The second kappa shape index (κ2) is 9.46. The molecule has 1 aromatic carbocycles. The molecule has 0 aliphatic heterocycles. The predicted octanol–water partition coefficient (Wildman–Crippen LogP) is 3.77. The Balaban J connectivity index is 1.42. The van der Waals surface area contributed by atoms with Crippen LogP contribution in [0.2, 0.25) is 0 Å². The Bertz CT molecular complexity index is 1310. The Labute approximate surface area is 195 Å². The molecule has 0 atom stereocenters. The van der Waals surface area contributed by atoms with Gasteiger partial charge in [0.2, 0.25) is 23.4 Å². The molecule has 0 aliphatic carbocycles. The van der Waals surface area contributed by atoms with Crippen molar-refractivity contribution in [3.8, 4) is 11.4 Å². The first-order valence-electron chi connectivity index (χ1n) is 10.7. The Morgan fingerprint density at radius 3 is 2.74 bits per heavy atom. The van der Waals surface area contributed by atoms with E-state index in [4.69, 9.17) is 4.52 Å². The van der Waals surface area contributed by atoms with E-state index in [1.807, 2.05) is 44.4 Å². The minimum absolute atomic E-state index is 0.0241. The van der Waals surface area contributed by atoms with Crippen molar-refractivity contribution in [1.29, 1.82) is 0 Å². The first kappa shape index (κ1) is 23.1. The molecular formula is C23H25FN8O2. The van der Waals surface area contributed by atoms with Gasteiger partial charge in [0.05, 0.1) is 5.41 Å². The maximum atomic E-state index is 13.1. The number of nitrogens with one attached hydrogen (secondary N) is 1. The molecule has 0 saturated carbocycles. The molecule has 34 heavy (non-hydrogen) atoms. The Morgan fingerprint density at radius 2 is 2.03 bits per heavy atom. The zero-order valence-electron chi connectivity index (χ0n) is 19.4. The monoisotopic (exact) mass is 464 g/mol. The molecule has 3 aromatic heterocycles. The van der Waals surface area contributed by atoms with Crippen molar-refractivity contribution in [2.75, 3.05) is 12.0 Å². The molecule has 0 fully saturated rings. The maximum Gasteiger partial charge on any atom is 0.238 e. The van der Waals surface area contributed by atoms with Crippen LogP contribution in [0.25, 0.3) is 11.4 Å². The second-order valence-corrected chi connectivity index (χ2v) is 8.64. The van der Waals surface area contributed by atoms with Gasteiger partial charge >= 0.3 is 0 Å². The van der Waals surface area contributed by atoms with Gasteiger partial charge in [-0.3, -0.25) is 9.48 Å². The predicted molar refractivity (Wildman–Crippen MR) is 122 cm³/mol. The number of aromatic nitrogens is 7. The lowest BCUT2D eigenvalue weighted by molar-refractivity contribution is 0.0970. The van der Waals surface area contributed by atoms with Gasteiger partial charge < -0.3 is 9.84 Å². The molecular weight excluding hydrogens is 439 g/mol. The fraction of sp³-hybridized carbons (Fsp3) is 0.348. The molecule has 1 N–H and O–H groups in total. The number of carbonyl (C=O) groups excluding carboxylic acids is 1. The van der Waals surface area contributed by atoms with E-state index in [2.05, 4.69) is 35.5 Å². The van der Waals surface area contributed by atoms with Crippen LogP contribution in [0.1, 0.15) is 47.9 Å². The van der Waals surface area contributed by atoms with E-state index in [0.29, 0.717) is 24.0 Å². The number of hydrogen-bond acceptors (Lipinski definition) is 9. The van der Waals surface area contributed by atoms with Crippen molar-refractivity contribution in [2.45, 2.75) is 39.0 Å². The third-order valence-electron chi connectivity index (χ3n) is 5.34. The number of halogens is 1. The average Bonchev–Trinajstić information content (AvgIpc) is 3.48. The number of alkyl halides is 1. The summed E-state index contributed by atoms with van der Waals surface area (Å²) in [4.78, 5) is 29.5. The smallest absolute Gasteiger partial charge is 0.238 e. The molecule has 4 aromatic rings. The highest BCUT2D eigenvalue weighted by molar-refractivity contribution is 5.92. The normalized spacial score (nSPS) is 11.6. The highest BCUT2D eigenvalue weighted by Crippen LogP contribution is 2.23. The van der Waals surface area contributed by atoms with E-state index in [9.17, 15) is 9.18 Å². The van der Waals surface area contributed by atoms with Crippen LogP contribution >= 0.6 is 0 Å². The number of rotatable bonds is 9. The number of nitrogens with zero attached hydrogens (tertiary/aromatic N) is 7. The van der Waals surface area contributed by atoms with Gasteiger partial charge in [0.25, 0.3) is 0 Å². The number of ketones is 1. The Kier molecular flexibility index (Phi) is 6.44. The van der Waals surface area contributed by atoms with Crippen molar-refractivity contribution in [3.05, 3.63) is 59.6 Å². The molecule has 0 unspecified atom stereocenters. The van der Waals surface area contributed by atoms with Gasteiger partial charge in [-0.2, -0.15) is 15.1 Å². The van der Waals surface area contributed by atoms with E-state index in [1.165, 1.54) is 6.33 Å². The zero-order chi connectivity index (χ0) is 24.3. The van der Waals surface area contributed by atoms with Gasteiger partial charge in [0, 0.05) is 31.3 Å². The highest BCUT2D eigenvalue weighted by atomic mass is 19.1. The van der Waals surface area contributed by atoms with Crippen LogP contribution in [0, 0.1) is 6.92 Å². The quantitative estimate of drug-likeness (QED) is 0.368. The van der Waals surface area contributed by atoms with Crippen LogP contribution in [0.4, 0.5) is 16.2 Å². The molecule has 0 bridgehead atoms. The van der Waals surface area contributed by atoms with Crippen molar-refractivity contribution < 1.29 is 13.7 Å². The van der Waals surface area contributed by atoms with Crippen LogP contribution < -0.4 is 5.32 Å². The van der Waals surface area contributed by atoms with Gasteiger partial charge in [-0.15, -0.1) is 0 Å². The number of aryl methyl sites for hydroxylation is 3. The van der Waals surface area contributed by atoms with Gasteiger partial charge in [-0.1, -0.05) is 17.3 Å². The molecule has 0 saturated heterocycles. The molecule has 0 spiro atoms. The van der Waals surface area contributed by atoms with E-state index >= 15 is 0 Å². The number of anilines is 2. The fourth-order valence-corrected chi connectivity index (χ4v) is 3.24. The molecule has 0 radical (unpaired) electrons. The first-order valence-corrected chi connectivity index (χ1v) is 10.7. The van der Waals surface area contributed by atoms with E-state index in [-0.39, 0.29) is 23.9 Å². The third kappa shape index (κ3) is 5.13. The van der Waals surface area contributed by atoms with Crippen LogP contribution in [-0.4, -0.2) is 47.3 Å². The van der Waals surface area contributed by atoms with E-state index in [1.54, 1.807) is 18.5 Å². The summed E-state index contributed by atoms with van der Waals surface area (Å²) in [5.41, 5.74) is 1.92. The van der Waals surface area contributed by atoms with Crippen LogP contribution in [0.15, 0.2) is 41.3 Å². The largest absolute Gasteiger partial charge is 0.338 e. The van der Waals surface area contributed by atoms with E-state index in [0.717, 1.165) is 16.7 Å². The standard InChI is InChI=1S/C23H25FN8O2/c1-14-11-16(19-25-13-26-22(29-19)27-18-9-10-32(4)30-18)6-5-15(14)7-8-17(33)20-28-21(34-31-20)23(2,3)12-24/h5-6,9-11,13H,7-8,12H2,1-4H3,(H,25,26,27,29,30). The Hall–Kier alpha value is -4.02. The second-order valence-electron chi connectivity index (χ2n) is 8.64. The summed E-state index contributed by atoms with van der Waals surface area (Å²) < 4.78 is 19.9. The lowest BCUT2D eigenvalue weighted by Gasteiger charge is -2.13. The molecule has 176 valence electrons. The number of hydrogen-bond donors (Lipinski definition) is 1. The molecule has 4 rings (SSSR count). The van der Waals surface area contributed by atoms with Crippen molar-refractivity contribution in [1.82, 2.24) is 34.9 Å². The van der Waals surface area contributed by atoms with Gasteiger partial charge in [-0.05, 0) is 44.4 Å². The summed E-state index contributed by atoms with van der Waals surface area (Å²) in [6, 6.07) is 7.64. The van der Waals surface area contributed by atoms with Crippen LogP contribution in [0.5, 0.6) is 0 Å². The molecule has 11 heteroatoms. The Morgan fingerprint density at radius 1 is 1.21 bits per heavy atom. The lowest BCUT2D eigenvalue weighted by atomic mass is 9.96. The summed E-state index contributed by atoms with van der Waals surface area (Å²) in [6.07, 6.45) is 3.97. The maximum absolute atomic E-state index is 13.1. The molecule has 3 heterocycles. The molecule has 0 amide bonds. The first-order chi connectivity index (χ1) is 16.2. The summed E-state index contributed by atoms with van der Waals surface area (Å²) in [5, 5.41) is 11.0. The van der Waals surface area contributed by atoms with Crippen LogP contribution in [0.3, 0.4) is 0 Å². The number of benzene rings is 1. The summed E-state index contributed by atoms with van der Waals surface area (Å²) in [6.45, 7) is 4.59. The number of carbonyl (C=O) groups is 1. The van der Waals surface area contributed by atoms with E-state index < -0.39 is 12.1 Å². The fourth-order valence-electron chi connectivity index (χ4n) is 3.24. The van der Waals surface area contributed by atoms with Crippen molar-refractivity contribution in [3.63, 3.8) is 0 Å². The zero-order valence-corrected chi connectivity index (χ0v) is 19.4. The minimum Gasteiger partial charge on any atom is -0.338 e. The van der Waals surface area contributed by atoms with Gasteiger partial charge in [0.15, 0.2) is 11.6 Å². The SMILES string of the molecule is Cc1cc(-c2ncnc(Nc3ccn(C)n3)n2)ccc1CCC(=O)c1noc(C(C)(C)CF)n1. The summed E-state index contributed by atoms with van der Waals surface area (Å²) in [5.74, 6) is 1.39. The van der Waals surface area contributed by atoms with Crippen LogP contribution in [-0.2, 0) is 18.9 Å². The summed E-state index contributed by atoms with van der Waals surface area (Å²) >= 11 is 0. The summed E-state index contributed by atoms with van der Waals surface area (Å²) in [7, 11) is 1.83. The third-order valence-corrected chi connectivity index (χ3v) is 5.34. The minimum atomic E-state index is -0.917. The highest BCUT2D eigenvalue weighted by Gasteiger charge is 2.29. The van der Waals surface area contributed by atoms with Gasteiger partial charge in [-0.25, -0.2) is 14.4 Å². The molecule has 10 nitrogen and oxygen atoms in total. The topological polar surface area (TPSA) is 125 Å². The number of Topliss-reactive ketones (excluding diaryl/α,β-unsaturated/α-hetero) is 1. The molecule has 0 aliphatic rings. The average molecular weight is 465 g/mol. The van der Waals surface area contributed by atoms with Crippen molar-refractivity contribution >= 4 is 17.5 Å².